The lowest BCUT2D eigenvalue weighted by atomic mass is 9.82. The molecule has 0 spiro atoms. The fraction of sp³-hybridized carbons (Fsp3) is 0.591. The van der Waals surface area contributed by atoms with Crippen LogP contribution < -0.4 is 0 Å². The van der Waals surface area contributed by atoms with Crippen LogP contribution in [0.1, 0.15) is 48.4 Å². The Kier molecular flexibility index (Phi) is 5.85. The van der Waals surface area contributed by atoms with Crippen molar-refractivity contribution in [2.24, 2.45) is 5.41 Å². The minimum absolute atomic E-state index is 0.00480. The van der Waals surface area contributed by atoms with Gasteiger partial charge >= 0.3 is 0 Å². The average molecular weight is 373 g/mol. The van der Waals surface area contributed by atoms with Gasteiger partial charge in [-0.3, -0.25) is 9.88 Å². The third kappa shape index (κ3) is 4.19. The lowest BCUT2D eigenvalue weighted by Gasteiger charge is -2.38. The standard InChI is InChI=1S/C22H32N2OS/c1-17-6-7-20(13-23-17)21(3,4)24-11-10-22(15-24,16-25-5)9-8-19-12-18(2)26-14-19/h6-7,12-14H,8-11,15-16H2,1-5H3/t22-/m1/s1. The first-order chi connectivity index (χ1) is 12.3. The van der Waals surface area contributed by atoms with Gasteiger partial charge in [0.15, 0.2) is 0 Å². The van der Waals surface area contributed by atoms with Crippen molar-refractivity contribution < 1.29 is 4.74 Å². The van der Waals surface area contributed by atoms with Crippen LogP contribution in [0.2, 0.25) is 0 Å². The highest BCUT2D eigenvalue weighted by molar-refractivity contribution is 7.10. The Balaban J connectivity index is 1.72. The van der Waals surface area contributed by atoms with E-state index in [1.165, 1.54) is 28.8 Å². The number of thiophene rings is 1. The Morgan fingerprint density at radius 2 is 2.12 bits per heavy atom. The quantitative estimate of drug-likeness (QED) is 0.686. The lowest BCUT2D eigenvalue weighted by molar-refractivity contribution is 0.0601. The van der Waals surface area contributed by atoms with Gasteiger partial charge in [-0.1, -0.05) is 6.07 Å². The number of likely N-dealkylation sites (tertiary alicyclic amines) is 1. The Hall–Kier alpha value is -1.23. The maximum absolute atomic E-state index is 5.67. The molecule has 3 nitrogen and oxygen atoms in total. The van der Waals surface area contributed by atoms with Gasteiger partial charge in [0.05, 0.1) is 6.61 Å². The Labute approximate surface area is 162 Å². The molecule has 0 radical (unpaired) electrons. The summed E-state index contributed by atoms with van der Waals surface area (Å²) in [6, 6.07) is 6.68. The highest BCUT2D eigenvalue weighted by atomic mass is 32.1. The molecular formula is C22H32N2OS. The van der Waals surface area contributed by atoms with Crippen LogP contribution in [0.25, 0.3) is 0 Å². The van der Waals surface area contributed by atoms with E-state index in [-0.39, 0.29) is 11.0 Å². The largest absolute Gasteiger partial charge is 0.384 e. The number of nitrogens with zero attached hydrogens (tertiary/aromatic N) is 2. The Morgan fingerprint density at radius 3 is 2.73 bits per heavy atom. The van der Waals surface area contributed by atoms with Crippen molar-refractivity contribution in [3.8, 4) is 0 Å². The zero-order valence-corrected chi connectivity index (χ0v) is 17.7. The first-order valence-corrected chi connectivity index (χ1v) is 10.4. The molecule has 2 aromatic rings. The van der Waals surface area contributed by atoms with Crippen molar-refractivity contribution in [3.05, 3.63) is 51.5 Å². The molecule has 1 aliphatic rings. The average Bonchev–Trinajstić information content (AvgIpc) is 3.21. The van der Waals surface area contributed by atoms with E-state index in [1.54, 1.807) is 0 Å². The van der Waals surface area contributed by atoms with Gasteiger partial charge in [-0.15, -0.1) is 11.3 Å². The molecule has 0 saturated carbocycles. The number of ether oxygens (including phenoxy) is 1. The molecule has 1 aliphatic heterocycles. The van der Waals surface area contributed by atoms with E-state index in [4.69, 9.17) is 4.74 Å². The summed E-state index contributed by atoms with van der Waals surface area (Å²) in [5.41, 5.74) is 4.09. The Bertz CT molecular complexity index is 722. The summed E-state index contributed by atoms with van der Waals surface area (Å²) in [7, 11) is 1.84. The molecule has 4 heteroatoms. The van der Waals surface area contributed by atoms with Crippen LogP contribution in [0.4, 0.5) is 0 Å². The summed E-state index contributed by atoms with van der Waals surface area (Å²) in [6.07, 6.45) is 5.58. The molecule has 3 heterocycles. The number of hydrogen-bond acceptors (Lipinski definition) is 4. The summed E-state index contributed by atoms with van der Waals surface area (Å²) in [6.45, 7) is 11.9. The summed E-state index contributed by atoms with van der Waals surface area (Å²) >= 11 is 1.85. The van der Waals surface area contributed by atoms with Gasteiger partial charge < -0.3 is 4.74 Å². The SMILES string of the molecule is COC[C@]1(CCc2csc(C)c2)CCN(C(C)(C)c2ccc(C)nc2)C1. The molecule has 0 unspecified atom stereocenters. The van der Waals surface area contributed by atoms with Crippen molar-refractivity contribution in [2.75, 3.05) is 26.8 Å². The highest BCUT2D eigenvalue weighted by Gasteiger charge is 2.43. The predicted octanol–water partition coefficient (Wildman–Crippen LogP) is 4.97. The first-order valence-electron chi connectivity index (χ1n) is 9.56. The van der Waals surface area contributed by atoms with E-state index in [0.717, 1.165) is 31.8 Å². The van der Waals surface area contributed by atoms with Crippen LogP contribution in [0.3, 0.4) is 0 Å². The number of hydrogen-bond donors (Lipinski definition) is 0. The van der Waals surface area contributed by atoms with Gasteiger partial charge in [-0.05, 0) is 82.1 Å². The number of aryl methyl sites for hydroxylation is 3. The van der Waals surface area contributed by atoms with Crippen LogP contribution in [0.15, 0.2) is 29.8 Å². The molecule has 0 bridgehead atoms. The van der Waals surface area contributed by atoms with Gasteiger partial charge in [0.2, 0.25) is 0 Å². The van der Waals surface area contributed by atoms with Crippen molar-refractivity contribution in [3.63, 3.8) is 0 Å². The van der Waals surface area contributed by atoms with E-state index in [0.29, 0.717) is 0 Å². The number of methoxy groups -OCH3 is 1. The van der Waals surface area contributed by atoms with E-state index in [2.05, 4.69) is 54.2 Å². The summed E-state index contributed by atoms with van der Waals surface area (Å²) in [5.74, 6) is 0. The molecule has 2 aromatic heterocycles. The molecule has 0 aromatic carbocycles. The van der Waals surface area contributed by atoms with Gasteiger partial charge in [0, 0.05) is 41.4 Å². The van der Waals surface area contributed by atoms with Crippen molar-refractivity contribution in [2.45, 2.75) is 52.5 Å². The molecule has 0 aliphatic carbocycles. The van der Waals surface area contributed by atoms with Crippen LogP contribution in [-0.4, -0.2) is 36.7 Å². The zero-order valence-electron chi connectivity index (χ0n) is 16.8. The molecular weight excluding hydrogens is 340 g/mol. The van der Waals surface area contributed by atoms with Crippen LogP contribution in [0.5, 0.6) is 0 Å². The molecule has 3 rings (SSSR count). The fourth-order valence-electron chi connectivity index (χ4n) is 4.16. The smallest absolute Gasteiger partial charge is 0.0531 e. The Morgan fingerprint density at radius 1 is 1.31 bits per heavy atom. The third-order valence-electron chi connectivity index (χ3n) is 6.03. The summed E-state index contributed by atoms with van der Waals surface area (Å²) < 4.78 is 5.67. The van der Waals surface area contributed by atoms with Gasteiger partial charge in [-0.25, -0.2) is 0 Å². The van der Waals surface area contributed by atoms with E-state index in [9.17, 15) is 0 Å². The molecule has 26 heavy (non-hydrogen) atoms. The minimum atomic E-state index is -0.00480. The van der Waals surface area contributed by atoms with Gasteiger partial charge in [0.1, 0.15) is 0 Å². The van der Waals surface area contributed by atoms with Gasteiger partial charge in [0.25, 0.3) is 0 Å². The fourth-order valence-corrected chi connectivity index (χ4v) is 4.91. The predicted molar refractivity (Wildman–Crippen MR) is 110 cm³/mol. The van der Waals surface area contributed by atoms with E-state index >= 15 is 0 Å². The monoisotopic (exact) mass is 372 g/mol. The normalized spacial score (nSPS) is 21.4. The minimum Gasteiger partial charge on any atom is -0.384 e. The maximum atomic E-state index is 5.67. The third-order valence-corrected chi connectivity index (χ3v) is 6.94. The molecule has 142 valence electrons. The molecule has 0 amide bonds. The topological polar surface area (TPSA) is 25.4 Å². The molecule has 1 fully saturated rings. The molecule has 0 N–H and O–H groups in total. The molecule has 1 atom stereocenters. The zero-order chi connectivity index (χ0) is 18.8. The summed E-state index contributed by atoms with van der Waals surface area (Å²) in [5, 5.41) is 2.31. The van der Waals surface area contributed by atoms with Crippen molar-refractivity contribution in [1.29, 1.82) is 0 Å². The number of rotatable bonds is 7. The first kappa shape index (κ1) is 19.5. The van der Waals surface area contributed by atoms with Gasteiger partial charge in [-0.2, -0.15) is 0 Å². The number of pyridine rings is 1. The highest BCUT2D eigenvalue weighted by Crippen LogP contribution is 2.41. The lowest BCUT2D eigenvalue weighted by Crippen LogP contribution is -2.42. The van der Waals surface area contributed by atoms with Crippen LogP contribution >= 0.6 is 11.3 Å². The van der Waals surface area contributed by atoms with Crippen molar-refractivity contribution in [1.82, 2.24) is 9.88 Å². The van der Waals surface area contributed by atoms with Crippen LogP contribution in [-0.2, 0) is 16.7 Å². The second kappa shape index (κ2) is 7.79. The molecule has 1 saturated heterocycles. The maximum Gasteiger partial charge on any atom is 0.0531 e. The van der Waals surface area contributed by atoms with Crippen molar-refractivity contribution >= 4 is 11.3 Å². The summed E-state index contributed by atoms with van der Waals surface area (Å²) in [4.78, 5) is 8.54. The second-order valence-electron chi connectivity index (χ2n) is 8.42. The van der Waals surface area contributed by atoms with Crippen LogP contribution in [0, 0.1) is 19.3 Å². The number of aromatic nitrogens is 1. The second-order valence-corrected chi connectivity index (χ2v) is 9.53. The van der Waals surface area contributed by atoms with E-state index in [1.807, 2.05) is 31.6 Å². The van der Waals surface area contributed by atoms with E-state index < -0.39 is 0 Å².